The van der Waals surface area contributed by atoms with Crippen LogP contribution in [0.4, 0.5) is 4.79 Å². The van der Waals surface area contributed by atoms with Crippen molar-refractivity contribution in [2.45, 2.75) is 3.98 Å². The summed E-state index contributed by atoms with van der Waals surface area (Å²) in [6, 6.07) is 0. The van der Waals surface area contributed by atoms with E-state index in [1.165, 1.54) is 0 Å². The van der Waals surface area contributed by atoms with E-state index >= 15 is 0 Å². The molecule has 0 radical (unpaired) electrons. The Bertz CT molecular complexity index is 99.7. The standard InChI is InChI=1S/C2HCl3O3.Na.H/c3-2(4,5)8-1(6)7;;/h(H,6,7);;. The van der Waals surface area contributed by atoms with Gasteiger partial charge in [0.1, 0.15) is 0 Å². The van der Waals surface area contributed by atoms with Crippen LogP contribution in [0, 0.1) is 0 Å². The second-order valence-electron chi connectivity index (χ2n) is 0.814. The van der Waals surface area contributed by atoms with E-state index in [0.29, 0.717) is 0 Å². The summed E-state index contributed by atoms with van der Waals surface area (Å²) in [6.07, 6.45) is -1.62. The van der Waals surface area contributed by atoms with Gasteiger partial charge in [-0.1, -0.05) is 0 Å². The van der Waals surface area contributed by atoms with Gasteiger partial charge in [0, 0.05) is 0 Å². The molecule has 0 amide bonds. The molecular formula is C2H2Cl3NaO3. The van der Waals surface area contributed by atoms with E-state index in [9.17, 15) is 4.79 Å². The van der Waals surface area contributed by atoms with Gasteiger partial charge in [-0.2, -0.15) is 0 Å². The summed E-state index contributed by atoms with van der Waals surface area (Å²) in [5, 5.41) is 7.77. The molecule has 0 aromatic heterocycles. The summed E-state index contributed by atoms with van der Waals surface area (Å²) in [5.74, 6) is 0. The first-order valence-electron chi connectivity index (χ1n) is 1.40. The molecule has 0 rings (SSSR count). The van der Waals surface area contributed by atoms with Crippen LogP contribution in [0.15, 0.2) is 0 Å². The molecule has 0 bridgehead atoms. The fraction of sp³-hybridized carbons (Fsp3) is 0.500. The predicted octanol–water partition coefficient (Wildman–Crippen LogP) is 1.36. The van der Waals surface area contributed by atoms with Crippen molar-refractivity contribution in [1.82, 2.24) is 0 Å². The van der Waals surface area contributed by atoms with Crippen LogP contribution >= 0.6 is 34.8 Å². The van der Waals surface area contributed by atoms with Crippen LogP contribution in [-0.2, 0) is 4.74 Å². The molecule has 0 fully saturated rings. The van der Waals surface area contributed by atoms with E-state index < -0.39 is 10.1 Å². The van der Waals surface area contributed by atoms with Gasteiger partial charge in [0.15, 0.2) is 0 Å². The van der Waals surface area contributed by atoms with Crippen molar-refractivity contribution in [3.8, 4) is 0 Å². The Morgan fingerprint density at radius 1 is 1.44 bits per heavy atom. The average Bonchev–Trinajstić information content (AvgIpc) is 1.21. The number of ether oxygens (including phenoxy) is 1. The quantitative estimate of drug-likeness (QED) is 0.367. The van der Waals surface area contributed by atoms with Crippen molar-refractivity contribution < 1.29 is 14.6 Å². The third kappa shape index (κ3) is 12.4. The Morgan fingerprint density at radius 2 is 1.78 bits per heavy atom. The van der Waals surface area contributed by atoms with E-state index in [-0.39, 0.29) is 29.6 Å². The molecule has 0 atom stereocenters. The van der Waals surface area contributed by atoms with Crippen molar-refractivity contribution >= 4 is 70.5 Å². The fourth-order valence-electron chi connectivity index (χ4n) is 0.0990. The van der Waals surface area contributed by atoms with Gasteiger partial charge in [-0.25, -0.2) is 4.79 Å². The second-order valence-corrected chi connectivity index (χ2v) is 2.99. The summed E-state index contributed by atoms with van der Waals surface area (Å²) in [4.78, 5) is 9.54. The average molecular weight is 203 g/mol. The van der Waals surface area contributed by atoms with Crippen LogP contribution in [0.2, 0.25) is 0 Å². The first-order valence-corrected chi connectivity index (χ1v) is 2.54. The van der Waals surface area contributed by atoms with Gasteiger partial charge in [0.2, 0.25) is 0 Å². The SMILES string of the molecule is O=C(O)OC(Cl)(Cl)Cl.[NaH]. The molecular weight excluding hydrogens is 201 g/mol. The molecule has 50 valence electrons. The topological polar surface area (TPSA) is 46.5 Å². The number of carbonyl (C=O) groups is 1. The zero-order valence-electron chi connectivity index (χ0n) is 3.40. The molecule has 3 nitrogen and oxygen atoms in total. The molecule has 0 aromatic carbocycles. The number of halogens is 3. The Morgan fingerprint density at radius 3 is 1.78 bits per heavy atom. The van der Waals surface area contributed by atoms with Crippen molar-refractivity contribution in [3.05, 3.63) is 0 Å². The molecule has 7 heteroatoms. The second kappa shape index (κ2) is 4.88. The van der Waals surface area contributed by atoms with Gasteiger partial charge in [-0.15, -0.1) is 0 Å². The molecule has 0 saturated carbocycles. The maximum absolute atomic E-state index is 9.54. The number of carboxylic acid groups (broad SMARTS) is 1. The molecule has 0 unspecified atom stereocenters. The van der Waals surface area contributed by atoms with Gasteiger partial charge < -0.3 is 9.84 Å². The Balaban J connectivity index is 0. The Labute approximate surface area is 88.5 Å². The molecule has 0 aliphatic heterocycles. The Kier molecular flexibility index (Phi) is 6.93. The zero-order valence-corrected chi connectivity index (χ0v) is 5.67. The Hall–Kier alpha value is 1.14. The van der Waals surface area contributed by atoms with Crippen LogP contribution in [0.1, 0.15) is 0 Å². The minimum atomic E-state index is -2.16. The molecule has 0 aliphatic carbocycles. The van der Waals surface area contributed by atoms with Crippen LogP contribution in [0.5, 0.6) is 0 Å². The number of hydrogen-bond donors (Lipinski definition) is 1. The molecule has 0 spiro atoms. The minimum absolute atomic E-state index is 0. The van der Waals surface area contributed by atoms with Crippen molar-refractivity contribution in [2.75, 3.05) is 0 Å². The van der Waals surface area contributed by atoms with Crippen LogP contribution < -0.4 is 0 Å². The van der Waals surface area contributed by atoms with Crippen LogP contribution in [0.25, 0.3) is 0 Å². The fourth-order valence-corrected chi connectivity index (χ4v) is 0.297. The number of hydrogen-bond acceptors (Lipinski definition) is 2. The molecule has 1 N–H and O–H groups in total. The first kappa shape index (κ1) is 12.8. The van der Waals surface area contributed by atoms with E-state index in [0.717, 1.165) is 0 Å². The zero-order chi connectivity index (χ0) is 6.78. The van der Waals surface area contributed by atoms with Crippen molar-refractivity contribution in [2.24, 2.45) is 0 Å². The molecule has 0 aliphatic rings. The summed E-state index contributed by atoms with van der Waals surface area (Å²) in [5.41, 5.74) is 0. The van der Waals surface area contributed by atoms with Crippen LogP contribution in [0.3, 0.4) is 0 Å². The van der Waals surface area contributed by atoms with Gasteiger partial charge >= 0.3 is 39.7 Å². The number of alkyl halides is 3. The van der Waals surface area contributed by atoms with Gasteiger partial charge in [0.05, 0.1) is 0 Å². The van der Waals surface area contributed by atoms with Crippen molar-refractivity contribution in [3.63, 3.8) is 0 Å². The first-order chi connectivity index (χ1) is 3.42. The molecule has 0 aromatic rings. The molecule has 9 heavy (non-hydrogen) atoms. The summed E-state index contributed by atoms with van der Waals surface area (Å²) < 4.78 is 1.49. The van der Waals surface area contributed by atoms with E-state index in [1.54, 1.807) is 0 Å². The summed E-state index contributed by atoms with van der Waals surface area (Å²) >= 11 is 14.6. The molecule has 0 heterocycles. The third-order valence-electron chi connectivity index (χ3n) is 0.203. The maximum atomic E-state index is 9.54. The monoisotopic (exact) mass is 202 g/mol. The number of rotatable bonds is 0. The van der Waals surface area contributed by atoms with Gasteiger partial charge in [-0.05, 0) is 34.8 Å². The summed E-state index contributed by atoms with van der Waals surface area (Å²) in [7, 11) is 0. The normalized spacial score (nSPS) is 9.67. The van der Waals surface area contributed by atoms with E-state index in [4.69, 9.17) is 39.9 Å². The summed E-state index contributed by atoms with van der Waals surface area (Å²) in [6.45, 7) is 0. The van der Waals surface area contributed by atoms with Gasteiger partial charge in [0.25, 0.3) is 0 Å². The molecule has 0 saturated heterocycles. The van der Waals surface area contributed by atoms with Crippen molar-refractivity contribution in [1.29, 1.82) is 0 Å². The van der Waals surface area contributed by atoms with Gasteiger partial charge in [-0.3, -0.25) is 0 Å². The van der Waals surface area contributed by atoms with E-state index in [2.05, 4.69) is 4.74 Å². The van der Waals surface area contributed by atoms with E-state index in [1.807, 2.05) is 0 Å². The van der Waals surface area contributed by atoms with Crippen LogP contribution in [-0.4, -0.2) is 44.8 Å². The predicted molar refractivity (Wildman–Crippen MR) is 36.5 cm³/mol. The third-order valence-corrected chi connectivity index (χ3v) is 0.434.